The molecule has 0 bridgehead atoms. The summed E-state index contributed by atoms with van der Waals surface area (Å²) in [5.41, 5.74) is 2.61. The molecule has 0 aliphatic heterocycles. The standard InChI is InChI=1S/C18H17FN2O2/c1-11-14(9-23-8-13-6-4-3-5-7-13)16(19)12(2)15-17(11)20-10-21-18(15)22/h3-7,10H,8-9H2,1-2H3,(H,20,21,22). The molecule has 2 aromatic carbocycles. The molecule has 1 heterocycles. The van der Waals surface area contributed by atoms with E-state index in [0.717, 1.165) is 5.56 Å². The Bertz CT molecular complexity index is 904. The lowest BCUT2D eigenvalue weighted by Crippen LogP contribution is -2.12. The quantitative estimate of drug-likeness (QED) is 0.803. The molecule has 5 heteroatoms. The van der Waals surface area contributed by atoms with E-state index in [1.165, 1.54) is 6.33 Å². The predicted molar refractivity (Wildman–Crippen MR) is 86.7 cm³/mol. The van der Waals surface area contributed by atoms with E-state index in [1.54, 1.807) is 13.8 Å². The van der Waals surface area contributed by atoms with E-state index >= 15 is 0 Å². The average Bonchev–Trinajstić information content (AvgIpc) is 2.57. The minimum atomic E-state index is -0.401. The van der Waals surface area contributed by atoms with Gasteiger partial charge in [0, 0.05) is 11.1 Å². The van der Waals surface area contributed by atoms with Crippen molar-refractivity contribution >= 4 is 10.9 Å². The van der Waals surface area contributed by atoms with Crippen LogP contribution < -0.4 is 5.56 Å². The number of aromatic amines is 1. The molecule has 0 saturated carbocycles. The van der Waals surface area contributed by atoms with E-state index in [0.29, 0.717) is 34.2 Å². The van der Waals surface area contributed by atoms with Gasteiger partial charge < -0.3 is 9.72 Å². The number of hydrogen-bond acceptors (Lipinski definition) is 3. The molecule has 118 valence electrons. The highest BCUT2D eigenvalue weighted by Gasteiger charge is 2.17. The maximum atomic E-state index is 14.6. The number of rotatable bonds is 4. The number of nitrogens with zero attached hydrogens (tertiary/aromatic N) is 1. The Kier molecular flexibility index (Phi) is 4.21. The first-order valence-electron chi connectivity index (χ1n) is 7.36. The van der Waals surface area contributed by atoms with Gasteiger partial charge in [-0.1, -0.05) is 30.3 Å². The van der Waals surface area contributed by atoms with Gasteiger partial charge >= 0.3 is 0 Å². The lowest BCUT2D eigenvalue weighted by atomic mass is 10.00. The summed E-state index contributed by atoms with van der Waals surface area (Å²) in [6.45, 7) is 3.89. The number of nitrogens with one attached hydrogen (secondary N) is 1. The van der Waals surface area contributed by atoms with Crippen LogP contribution in [-0.4, -0.2) is 9.97 Å². The molecule has 0 fully saturated rings. The first-order chi connectivity index (χ1) is 11.1. The number of aryl methyl sites for hydroxylation is 2. The fourth-order valence-electron chi connectivity index (χ4n) is 2.69. The van der Waals surface area contributed by atoms with Crippen molar-refractivity contribution in [2.45, 2.75) is 27.1 Å². The molecule has 1 N–H and O–H groups in total. The van der Waals surface area contributed by atoms with E-state index in [-0.39, 0.29) is 12.2 Å². The molecule has 1 aromatic heterocycles. The predicted octanol–water partition coefficient (Wildman–Crippen LogP) is 3.40. The van der Waals surface area contributed by atoms with Gasteiger partial charge in [-0.25, -0.2) is 9.37 Å². The van der Waals surface area contributed by atoms with E-state index in [1.807, 2.05) is 30.3 Å². The third-order valence-corrected chi connectivity index (χ3v) is 3.99. The van der Waals surface area contributed by atoms with Crippen LogP contribution in [0.25, 0.3) is 10.9 Å². The van der Waals surface area contributed by atoms with E-state index in [4.69, 9.17) is 4.74 Å². The highest BCUT2D eigenvalue weighted by molar-refractivity contribution is 5.85. The van der Waals surface area contributed by atoms with Gasteiger partial charge in [0.1, 0.15) is 5.82 Å². The van der Waals surface area contributed by atoms with Crippen molar-refractivity contribution in [2.24, 2.45) is 0 Å². The number of fused-ring (bicyclic) bond motifs is 1. The van der Waals surface area contributed by atoms with Crippen LogP contribution in [0.15, 0.2) is 41.5 Å². The molecule has 0 radical (unpaired) electrons. The molecular formula is C18H17FN2O2. The van der Waals surface area contributed by atoms with Gasteiger partial charge in [-0.15, -0.1) is 0 Å². The zero-order valence-electron chi connectivity index (χ0n) is 13.0. The zero-order chi connectivity index (χ0) is 16.4. The number of H-pyrrole nitrogens is 1. The van der Waals surface area contributed by atoms with Crippen LogP contribution in [0, 0.1) is 19.7 Å². The summed E-state index contributed by atoms with van der Waals surface area (Å²) in [6.07, 6.45) is 1.34. The molecule has 0 unspecified atom stereocenters. The summed E-state index contributed by atoms with van der Waals surface area (Å²) in [6, 6.07) is 9.71. The summed E-state index contributed by atoms with van der Waals surface area (Å²) >= 11 is 0. The summed E-state index contributed by atoms with van der Waals surface area (Å²) in [7, 11) is 0. The summed E-state index contributed by atoms with van der Waals surface area (Å²) < 4.78 is 20.3. The van der Waals surface area contributed by atoms with Crippen LogP contribution in [0.3, 0.4) is 0 Å². The maximum Gasteiger partial charge on any atom is 0.258 e. The second kappa shape index (κ2) is 6.30. The second-order valence-corrected chi connectivity index (χ2v) is 5.48. The summed E-state index contributed by atoms with van der Waals surface area (Å²) in [4.78, 5) is 18.6. The lowest BCUT2D eigenvalue weighted by molar-refractivity contribution is 0.104. The Balaban J connectivity index is 1.93. The van der Waals surface area contributed by atoms with Crippen LogP contribution in [-0.2, 0) is 18.0 Å². The Morgan fingerprint density at radius 2 is 1.87 bits per heavy atom. The van der Waals surface area contributed by atoms with Crippen LogP contribution in [0.1, 0.15) is 22.3 Å². The fourth-order valence-corrected chi connectivity index (χ4v) is 2.69. The number of hydrogen-bond donors (Lipinski definition) is 1. The molecule has 0 spiro atoms. The van der Waals surface area contributed by atoms with Crippen LogP contribution in [0.5, 0.6) is 0 Å². The average molecular weight is 312 g/mol. The maximum absolute atomic E-state index is 14.6. The molecule has 3 aromatic rings. The van der Waals surface area contributed by atoms with Crippen LogP contribution in [0.4, 0.5) is 4.39 Å². The van der Waals surface area contributed by atoms with Crippen molar-refractivity contribution in [3.05, 3.63) is 75.1 Å². The Morgan fingerprint density at radius 1 is 1.13 bits per heavy atom. The SMILES string of the molecule is Cc1c(COCc2ccccc2)c(F)c(C)c2c(=O)[nH]cnc12. The number of aromatic nitrogens is 2. The van der Waals surface area contributed by atoms with E-state index < -0.39 is 5.82 Å². The highest BCUT2D eigenvalue weighted by atomic mass is 19.1. The van der Waals surface area contributed by atoms with E-state index in [2.05, 4.69) is 9.97 Å². The van der Waals surface area contributed by atoms with Gasteiger partial charge in [0.25, 0.3) is 5.56 Å². The normalized spacial score (nSPS) is 11.1. The molecule has 3 rings (SSSR count). The molecule has 0 atom stereocenters. The van der Waals surface area contributed by atoms with Crippen molar-refractivity contribution in [3.8, 4) is 0 Å². The van der Waals surface area contributed by atoms with Gasteiger partial charge in [0.2, 0.25) is 0 Å². The highest BCUT2D eigenvalue weighted by Crippen LogP contribution is 2.26. The first-order valence-corrected chi connectivity index (χ1v) is 7.36. The third kappa shape index (κ3) is 2.87. The van der Waals surface area contributed by atoms with Crippen LogP contribution in [0.2, 0.25) is 0 Å². The van der Waals surface area contributed by atoms with Crippen molar-refractivity contribution in [1.82, 2.24) is 9.97 Å². The number of ether oxygens (including phenoxy) is 1. The number of benzene rings is 2. The Labute approximate surface area is 133 Å². The Morgan fingerprint density at radius 3 is 2.61 bits per heavy atom. The van der Waals surface area contributed by atoms with Crippen molar-refractivity contribution in [2.75, 3.05) is 0 Å². The van der Waals surface area contributed by atoms with Crippen molar-refractivity contribution < 1.29 is 9.13 Å². The van der Waals surface area contributed by atoms with E-state index in [9.17, 15) is 9.18 Å². The Hall–Kier alpha value is -2.53. The minimum absolute atomic E-state index is 0.137. The van der Waals surface area contributed by atoms with Gasteiger partial charge in [-0.05, 0) is 25.0 Å². The number of halogens is 1. The fraction of sp³-hybridized carbons (Fsp3) is 0.222. The summed E-state index contributed by atoms with van der Waals surface area (Å²) in [5.74, 6) is -0.401. The second-order valence-electron chi connectivity index (χ2n) is 5.48. The molecule has 4 nitrogen and oxygen atoms in total. The summed E-state index contributed by atoms with van der Waals surface area (Å²) in [5, 5.41) is 0.300. The smallest absolute Gasteiger partial charge is 0.258 e. The largest absolute Gasteiger partial charge is 0.372 e. The van der Waals surface area contributed by atoms with Crippen molar-refractivity contribution in [3.63, 3.8) is 0 Å². The first kappa shape index (κ1) is 15.4. The van der Waals surface area contributed by atoms with Crippen LogP contribution >= 0.6 is 0 Å². The van der Waals surface area contributed by atoms with Gasteiger partial charge in [-0.2, -0.15) is 0 Å². The van der Waals surface area contributed by atoms with Gasteiger partial charge in [-0.3, -0.25) is 4.79 Å². The molecule has 0 saturated heterocycles. The molecule has 0 amide bonds. The molecular weight excluding hydrogens is 295 g/mol. The molecule has 0 aliphatic carbocycles. The monoisotopic (exact) mass is 312 g/mol. The van der Waals surface area contributed by atoms with Gasteiger partial charge in [0.15, 0.2) is 0 Å². The topological polar surface area (TPSA) is 55.0 Å². The molecule has 23 heavy (non-hydrogen) atoms. The molecule has 0 aliphatic rings. The third-order valence-electron chi connectivity index (χ3n) is 3.99. The zero-order valence-corrected chi connectivity index (χ0v) is 13.0. The van der Waals surface area contributed by atoms with Crippen molar-refractivity contribution in [1.29, 1.82) is 0 Å². The lowest BCUT2D eigenvalue weighted by Gasteiger charge is -2.13. The minimum Gasteiger partial charge on any atom is -0.372 e. The van der Waals surface area contributed by atoms with Gasteiger partial charge in [0.05, 0.1) is 30.4 Å².